The first-order valence-corrected chi connectivity index (χ1v) is 5.92. The molecule has 0 saturated heterocycles. The highest BCUT2D eigenvalue weighted by Crippen LogP contribution is 2.34. The van der Waals surface area contributed by atoms with Crippen LogP contribution in [-0.4, -0.2) is 4.98 Å². The van der Waals surface area contributed by atoms with Gasteiger partial charge in [-0.2, -0.15) is 4.39 Å². The average molecular weight is 272 g/mol. The minimum absolute atomic E-state index is 0.0322. The summed E-state index contributed by atoms with van der Waals surface area (Å²) in [4.78, 5) is 4.17. The van der Waals surface area contributed by atoms with Gasteiger partial charge in [-0.05, 0) is 36.4 Å². The zero-order chi connectivity index (χ0) is 14.1. The molecular weight excluding hydrogens is 262 g/mol. The number of hydrogen-bond donors (Lipinski definition) is 1. The van der Waals surface area contributed by atoms with Gasteiger partial charge in [0.2, 0.25) is 5.82 Å². The lowest BCUT2D eigenvalue weighted by Gasteiger charge is -2.11. The van der Waals surface area contributed by atoms with E-state index >= 15 is 0 Å². The van der Waals surface area contributed by atoms with Crippen molar-refractivity contribution in [3.05, 3.63) is 60.3 Å². The summed E-state index contributed by atoms with van der Waals surface area (Å²) in [5.41, 5.74) is 6.36. The number of hydrogen-bond acceptors (Lipinski definition) is 3. The van der Waals surface area contributed by atoms with Gasteiger partial charge in [-0.25, -0.2) is 4.39 Å². The molecule has 5 heteroatoms. The first-order chi connectivity index (χ1) is 9.66. The molecule has 0 unspecified atom stereocenters. The maximum atomic E-state index is 13.8. The Hall–Kier alpha value is -2.69. The van der Waals surface area contributed by atoms with Gasteiger partial charge in [0.05, 0.1) is 11.2 Å². The average Bonchev–Trinajstić information content (AvgIpc) is 2.48. The summed E-state index contributed by atoms with van der Waals surface area (Å²) in [7, 11) is 0. The lowest BCUT2D eigenvalue weighted by Crippen LogP contribution is -1.98. The fraction of sp³-hybridized carbons (Fsp3) is 0. The van der Waals surface area contributed by atoms with Crippen LogP contribution in [0.2, 0.25) is 0 Å². The van der Waals surface area contributed by atoms with Crippen molar-refractivity contribution in [1.82, 2.24) is 4.98 Å². The van der Waals surface area contributed by atoms with Crippen LogP contribution in [0.25, 0.3) is 10.9 Å². The minimum atomic E-state index is -1.11. The highest BCUT2D eigenvalue weighted by Gasteiger charge is 2.15. The fourth-order valence-corrected chi connectivity index (χ4v) is 1.92. The second kappa shape index (κ2) is 4.77. The second-order valence-electron chi connectivity index (χ2n) is 4.21. The summed E-state index contributed by atoms with van der Waals surface area (Å²) >= 11 is 0. The topological polar surface area (TPSA) is 48.1 Å². The molecule has 2 N–H and O–H groups in total. The Kier molecular flexibility index (Phi) is 2.95. The first kappa shape index (κ1) is 12.3. The predicted octanol–water partition coefficient (Wildman–Crippen LogP) is 3.89. The number of nitrogen functional groups attached to an aromatic ring is 1. The van der Waals surface area contributed by atoms with E-state index < -0.39 is 11.6 Å². The van der Waals surface area contributed by atoms with Gasteiger partial charge in [-0.3, -0.25) is 4.98 Å². The van der Waals surface area contributed by atoms with Crippen molar-refractivity contribution >= 4 is 16.6 Å². The van der Waals surface area contributed by atoms with Crippen LogP contribution >= 0.6 is 0 Å². The van der Waals surface area contributed by atoms with E-state index in [9.17, 15) is 8.78 Å². The van der Waals surface area contributed by atoms with Gasteiger partial charge < -0.3 is 10.5 Å². The van der Waals surface area contributed by atoms with E-state index in [-0.39, 0.29) is 11.4 Å². The molecule has 0 bridgehead atoms. The Morgan fingerprint density at radius 2 is 1.85 bits per heavy atom. The third-order valence-electron chi connectivity index (χ3n) is 2.90. The van der Waals surface area contributed by atoms with Gasteiger partial charge in [0.15, 0.2) is 11.6 Å². The van der Waals surface area contributed by atoms with Gasteiger partial charge in [-0.1, -0.05) is 6.07 Å². The van der Waals surface area contributed by atoms with Gasteiger partial charge in [0.1, 0.15) is 5.75 Å². The van der Waals surface area contributed by atoms with Crippen molar-refractivity contribution in [2.75, 3.05) is 5.73 Å². The van der Waals surface area contributed by atoms with E-state index in [1.807, 2.05) is 0 Å². The van der Waals surface area contributed by atoms with E-state index in [4.69, 9.17) is 10.5 Å². The molecule has 0 spiro atoms. The molecule has 3 nitrogen and oxygen atoms in total. The van der Waals surface area contributed by atoms with E-state index in [0.717, 1.165) is 6.07 Å². The molecule has 1 aromatic heterocycles. The number of benzene rings is 2. The van der Waals surface area contributed by atoms with Gasteiger partial charge >= 0.3 is 0 Å². The summed E-state index contributed by atoms with van der Waals surface area (Å²) in [6.07, 6.45) is 1.64. The van der Waals surface area contributed by atoms with Crippen molar-refractivity contribution in [2.45, 2.75) is 0 Å². The SMILES string of the molecule is Nc1ccc(F)c(F)c1Oc1cccc2ncccc12. The fourth-order valence-electron chi connectivity index (χ4n) is 1.92. The number of pyridine rings is 1. The zero-order valence-electron chi connectivity index (χ0n) is 10.3. The quantitative estimate of drug-likeness (QED) is 0.720. The number of rotatable bonds is 2. The molecule has 1 heterocycles. The number of anilines is 1. The first-order valence-electron chi connectivity index (χ1n) is 5.92. The van der Waals surface area contributed by atoms with Crippen LogP contribution in [0.15, 0.2) is 48.7 Å². The summed E-state index contributed by atoms with van der Waals surface area (Å²) < 4.78 is 32.5. The predicted molar refractivity (Wildman–Crippen MR) is 72.6 cm³/mol. The summed E-state index contributed by atoms with van der Waals surface area (Å²) in [6, 6.07) is 10.9. The van der Waals surface area contributed by atoms with E-state index in [1.165, 1.54) is 6.07 Å². The van der Waals surface area contributed by atoms with Crippen molar-refractivity contribution in [3.63, 3.8) is 0 Å². The molecule has 0 atom stereocenters. The molecule has 0 aliphatic rings. The molecule has 20 heavy (non-hydrogen) atoms. The number of nitrogens with two attached hydrogens (primary N) is 1. The smallest absolute Gasteiger partial charge is 0.203 e. The van der Waals surface area contributed by atoms with Crippen LogP contribution in [0.4, 0.5) is 14.5 Å². The van der Waals surface area contributed by atoms with E-state index in [0.29, 0.717) is 16.7 Å². The van der Waals surface area contributed by atoms with Crippen LogP contribution in [0.3, 0.4) is 0 Å². The Bertz CT molecular complexity index is 785. The molecule has 0 fully saturated rings. The largest absolute Gasteiger partial charge is 0.451 e. The van der Waals surface area contributed by atoms with E-state index in [2.05, 4.69) is 4.98 Å². The summed E-state index contributed by atoms with van der Waals surface area (Å²) in [6.45, 7) is 0. The van der Waals surface area contributed by atoms with Crippen LogP contribution in [0.5, 0.6) is 11.5 Å². The molecule has 3 rings (SSSR count). The summed E-state index contributed by atoms with van der Waals surface area (Å²) in [5.74, 6) is -2.06. The molecular formula is C15H10F2N2O. The standard InChI is InChI=1S/C15H10F2N2O/c16-10-6-7-11(18)15(14(10)17)20-13-5-1-4-12-9(13)3-2-8-19-12/h1-8H,18H2. The van der Waals surface area contributed by atoms with Crippen LogP contribution in [-0.2, 0) is 0 Å². The molecule has 0 amide bonds. The Labute approximate surface area is 113 Å². The maximum absolute atomic E-state index is 13.8. The summed E-state index contributed by atoms with van der Waals surface area (Å²) in [5, 5.41) is 0.693. The molecule has 0 aliphatic heterocycles. The van der Waals surface area contributed by atoms with Crippen molar-refractivity contribution < 1.29 is 13.5 Å². The molecule has 2 aromatic carbocycles. The van der Waals surface area contributed by atoms with Crippen LogP contribution < -0.4 is 10.5 Å². The van der Waals surface area contributed by atoms with Gasteiger partial charge in [0, 0.05) is 11.6 Å². The Morgan fingerprint density at radius 1 is 1.00 bits per heavy atom. The highest BCUT2D eigenvalue weighted by atomic mass is 19.2. The Morgan fingerprint density at radius 3 is 2.70 bits per heavy atom. The normalized spacial score (nSPS) is 10.7. The number of fused-ring (bicyclic) bond motifs is 1. The zero-order valence-corrected chi connectivity index (χ0v) is 10.3. The van der Waals surface area contributed by atoms with Crippen LogP contribution in [0.1, 0.15) is 0 Å². The number of ether oxygens (including phenoxy) is 1. The lowest BCUT2D eigenvalue weighted by molar-refractivity contribution is 0.421. The van der Waals surface area contributed by atoms with Gasteiger partial charge in [0.25, 0.3) is 0 Å². The van der Waals surface area contributed by atoms with Crippen molar-refractivity contribution in [2.24, 2.45) is 0 Å². The van der Waals surface area contributed by atoms with E-state index in [1.54, 1.807) is 36.5 Å². The molecule has 0 radical (unpaired) electrons. The monoisotopic (exact) mass is 272 g/mol. The van der Waals surface area contributed by atoms with Gasteiger partial charge in [-0.15, -0.1) is 0 Å². The minimum Gasteiger partial charge on any atom is -0.451 e. The molecule has 3 aromatic rings. The molecule has 0 aliphatic carbocycles. The molecule has 0 saturated carbocycles. The van der Waals surface area contributed by atoms with Crippen LogP contribution in [0, 0.1) is 11.6 Å². The second-order valence-corrected chi connectivity index (χ2v) is 4.21. The number of aromatic nitrogens is 1. The number of halogens is 2. The molecule has 100 valence electrons. The lowest BCUT2D eigenvalue weighted by atomic mass is 10.2. The highest BCUT2D eigenvalue weighted by molar-refractivity contribution is 5.85. The van der Waals surface area contributed by atoms with Crippen molar-refractivity contribution in [1.29, 1.82) is 0 Å². The number of nitrogens with zero attached hydrogens (tertiary/aromatic N) is 1. The maximum Gasteiger partial charge on any atom is 0.203 e. The Balaban J connectivity index is 2.13. The van der Waals surface area contributed by atoms with Crippen molar-refractivity contribution in [3.8, 4) is 11.5 Å². The third-order valence-corrected chi connectivity index (χ3v) is 2.90. The third kappa shape index (κ3) is 2.03.